The van der Waals surface area contributed by atoms with E-state index in [0.29, 0.717) is 80.3 Å². The van der Waals surface area contributed by atoms with E-state index in [0.717, 1.165) is 5.56 Å². The molecule has 0 fully saturated rings. The SMILES string of the molecule is CC(=O)CCCOCCOCCNc1nc(Nc2ccc(O)cc2)nc(Nc2ccc(C(=O)NCc3ccccc3Cl)cc2)n1. The van der Waals surface area contributed by atoms with Gasteiger partial charge in [-0.2, -0.15) is 15.0 Å². The van der Waals surface area contributed by atoms with E-state index in [1.807, 2.05) is 18.2 Å². The molecule has 12 nitrogen and oxygen atoms in total. The molecule has 0 aliphatic carbocycles. The summed E-state index contributed by atoms with van der Waals surface area (Å²) in [5.41, 5.74) is 2.66. The Morgan fingerprint density at radius 1 is 0.778 bits per heavy atom. The molecular formula is C32H36ClN7O5. The summed E-state index contributed by atoms with van der Waals surface area (Å²) in [5.74, 6) is 0.926. The first-order chi connectivity index (χ1) is 21.9. The summed E-state index contributed by atoms with van der Waals surface area (Å²) in [6.45, 7) is 4.11. The number of nitrogens with one attached hydrogen (secondary N) is 4. The average molecular weight is 634 g/mol. The Bertz CT molecular complexity index is 1540. The number of halogens is 1. The molecule has 0 aliphatic heterocycles. The number of phenolic OH excluding ortho intramolecular Hbond substituents is 1. The number of hydrogen-bond donors (Lipinski definition) is 5. The number of ketones is 1. The van der Waals surface area contributed by atoms with Crippen LogP contribution >= 0.6 is 11.6 Å². The Hall–Kier alpha value is -4.78. The van der Waals surface area contributed by atoms with Gasteiger partial charge in [0.25, 0.3) is 5.91 Å². The zero-order valence-corrected chi connectivity index (χ0v) is 25.6. The summed E-state index contributed by atoms with van der Waals surface area (Å²) in [4.78, 5) is 37.0. The van der Waals surface area contributed by atoms with Gasteiger partial charge in [0.1, 0.15) is 11.5 Å². The Balaban J connectivity index is 1.33. The summed E-state index contributed by atoms with van der Waals surface area (Å²) >= 11 is 6.19. The van der Waals surface area contributed by atoms with E-state index in [1.165, 1.54) is 0 Å². The molecule has 0 radical (unpaired) electrons. The first-order valence-electron chi connectivity index (χ1n) is 14.5. The van der Waals surface area contributed by atoms with E-state index in [-0.39, 0.29) is 29.3 Å². The maximum atomic E-state index is 12.7. The van der Waals surface area contributed by atoms with Crippen LogP contribution in [0.15, 0.2) is 72.8 Å². The van der Waals surface area contributed by atoms with E-state index in [9.17, 15) is 14.7 Å². The van der Waals surface area contributed by atoms with Gasteiger partial charge in [-0.3, -0.25) is 4.79 Å². The molecule has 0 aliphatic rings. The fourth-order valence-electron chi connectivity index (χ4n) is 3.97. The number of aromatic nitrogens is 3. The van der Waals surface area contributed by atoms with Crippen molar-refractivity contribution < 1.29 is 24.2 Å². The van der Waals surface area contributed by atoms with E-state index in [2.05, 4.69) is 36.2 Å². The first-order valence-corrected chi connectivity index (χ1v) is 14.8. The van der Waals surface area contributed by atoms with Crippen LogP contribution in [0, 0.1) is 0 Å². The van der Waals surface area contributed by atoms with Crippen LogP contribution in [0.3, 0.4) is 0 Å². The highest BCUT2D eigenvalue weighted by Crippen LogP contribution is 2.21. The molecular weight excluding hydrogens is 598 g/mol. The predicted molar refractivity (Wildman–Crippen MR) is 174 cm³/mol. The number of carbonyl (C=O) groups excluding carboxylic acids is 2. The summed E-state index contributed by atoms with van der Waals surface area (Å²) < 4.78 is 11.1. The molecule has 1 aromatic heterocycles. The molecule has 45 heavy (non-hydrogen) atoms. The molecule has 0 bridgehead atoms. The zero-order valence-electron chi connectivity index (χ0n) is 24.9. The fourth-order valence-corrected chi connectivity index (χ4v) is 4.18. The lowest BCUT2D eigenvalue weighted by Crippen LogP contribution is -2.22. The molecule has 236 valence electrons. The van der Waals surface area contributed by atoms with Gasteiger partial charge >= 0.3 is 0 Å². The lowest BCUT2D eigenvalue weighted by molar-refractivity contribution is -0.117. The number of anilines is 5. The molecule has 1 heterocycles. The number of carbonyl (C=O) groups is 2. The topological polar surface area (TPSA) is 160 Å². The predicted octanol–water partition coefficient (Wildman–Crippen LogP) is 5.46. The molecule has 13 heteroatoms. The maximum absolute atomic E-state index is 12.7. The normalized spacial score (nSPS) is 10.7. The van der Waals surface area contributed by atoms with Crippen LogP contribution in [-0.4, -0.2) is 64.7 Å². The van der Waals surface area contributed by atoms with Crippen LogP contribution in [0.2, 0.25) is 5.02 Å². The highest BCUT2D eigenvalue weighted by Gasteiger charge is 2.10. The minimum absolute atomic E-state index is 0.142. The zero-order chi connectivity index (χ0) is 31.9. The standard InChI is InChI=1S/C32H36ClN7O5/c1-22(41)5-4-17-44-19-20-45-18-16-34-30-38-31(40-32(39-30)37-26-12-14-27(42)15-13-26)36-25-10-8-23(9-11-25)29(43)35-21-24-6-2-3-7-28(24)33/h2-3,6-15,42H,4-5,16-21H2,1H3,(H,35,43)(H3,34,36,37,38,39,40). The number of ether oxygens (including phenoxy) is 2. The number of amides is 1. The Morgan fingerprint density at radius 2 is 1.38 bits per heavy atom. The molecule has 0 saturated heterocycles. The Morgan fingerprint density at radius 3 is 2.02 bits per heavy atom. The molecule has 3 aromatic carbocycles. The third-order valence-corrected chi connectivity index (χ3v) is 6.65. The lowest BCUT2D eigenvalue weighted by Gasteiger charge is -2.12. The second kappa shape index (κ2) is 17.5. The van der Waals surface area contributed by atoms with E-state index >= 15 is 0 Å². The highest BCUT2D eigenvalue weighted by atomic mass is 35.5. The van der Waals surface area contributed by atoms with Crippen molar-refractivity contribution in [1.82, 2.24) is 20.3 Å². The van der Waals surface area contributed by atoms with Crippen LogP contribution in [-0.2, 0) is 20.8 Å². The van der Waals surface area contributed by atoms with Gasteiger partial charge in [-0.1, -0.05) is 29.8 Å². The number of aromatic hydroxyl groups is 1. The van der Waals surface area contributed by atoms with Gasteiger partial charge in [-0.15, -0.1) is 0 Å². The van der Waals surface area contributed by atoms with Crippen LogP contribution in [0.1, 0.15) is 35.7 Å². The van der Waals surface area contributed by atoms with Gasteiger partial charge in [0.05, 0.1) is 19.8 Å². The maximum Gasteiger partial charge on any atom is 0.251 e. The van der Waals surface area contributed by atoms with Crippen molar-refractivity contribution in [3.8, 4) is 5.75 Å². The van der Waals surface area contributed by atoms with Crippen molar-refractivity contribution in [1.29, 1.82) is 0 Å². The van der Waals surface area contributed by atoms with Crippen molar-refractivity contribution in [2.24, 2.45) is 0 Å². The third kappa shape index (κ3) is 11.7. The minimum Gasteiger partial charge on any atom is -0.508 e. The summed E-state index contributed by atoms with van der Waals surface area (Å²) in [5, 5.41) is 22.5. The molecule has 5 N–H and O–H groups in total. The number of Topliss-reactive ketones (excluding diaryl/α,β-unsaturated/α-hetero) is 1. The lowest BCUT2D eigenvalue weighted by atomic mass is 10.1. The van der Waals surface area contributed by atoms with E-state index < -0.39 is 0 Å². The third-order valence-electron chi connectivity index (χ3n) is 6.28. The van der Waals surface area contributed by atoms with Crippen LogP contribution < -0.4 is 21.3 Å². The van der Waals surface area contributed by atoms with Crippen molar-refractivity contribution in [2.45, 2.75) is 26.3 Å². The van der Waals surface area contributed by atoms with Gasteiger partial charge in [0.2, 0.25) is 17.8 Å². The van der Waals surface area contributed by atoms with Gasteiger partial charge in [0, 0.05) is 48.1 Å². The number of rotatable bonds is 18. The van der Waals surface area contributed by atoms with Crippen LogP contribution in [0.25, 0.3) is 0 Å². The summed E-state index contributed by atoms with van der Waals surface area (Å²) in [6, 6.07) is 20.8. The first kappa shape index (κ1) is 33.1. The fraction of sp³-hybridized carbons (Fsp3) is 0.281. The monoisotopic (exact) mass is 633 g/mol. The molecule has 4 rings (SSSR count). The molecule has 0 atom stereocenters. The van der Waals surface area contributed by atoms with Crippen molar-refractivity contribution in [2.75, 3.05) is 48.9 Å². The smallest absolute Gasteiger partial charge is 0.251 e. The van der Waals surface area contributed by atoms with Gasteiger partial charge in [-0.25, -0.2) is 0 Å². The second-order valence-corrected chi connectivity index (χ2v) is 10.3. The molecule has 0 spiro atoms. The number of phenols is 1. The quantitative estimate of drug-likeness (QED) is 0.0699. The summed E-state index contributed by atoms with van der Waals surface area (Å²) in [7, 11) is 0. The van der Waals surface area contributed by atoms with Gasteiger partial charge in [0.15, 0.2) is 0 Å². The van der Waals surface area contributed by atoms with Crippen molar-refractivity contribution >= 4 is 52.5 Å². The Kier molecular flexibility index (Phi) is 12.9. The second-order valence-electron chi connectivity index (χ2n) is 9.91. The van der Waals surface area contributed by atoms with Crippen molar-refractivity contribution in [3.05, 3.63) is 88.9 Å². The molecule has 1 amide bonds. The number of hydrogen-bond acceptors (Lipinski definition) is 11. The van der Waals surface area contributed by atoms with Gasteiger partial charge in [-0.05, 0) is 73.5 Å². The average Bonchev–Trinajstić information content (AvgIpc) is 3.02. The van der Waals surface area contributed by atoms with Gasteiger partial charge < -0.3 is 40.6 Å². The molecule has 0 unspecified atom stereocenters. The summed E-state index contributed by atoms with van der Waals surface area (Å²) in [6.07, 6.45) is 1.22. The Labute approximate surface area is 266 Å². The highest BCUT2D eigenvalue weighted by molar-refractivity contribution is 6.31. The minimum atomic E-state index is -0.227. The number of nitrogens with zero attached hydrogens (tertiary/aromatic N) is 3. The van der Waals surface area contributed by atoms with Crippen LogP contribution in [0.4, 0.5) is 29.2 Å². The molecule has 0 saturated carbocycles. The van der Waals surface area contributed by atoms with E-state index in [4.69, 9.17) is 21.1 Å². The number of benzene rings is 3. The molecule has 4 aromatic rings. The van der Waals surface area contributed by atoms with E-state index in [1.54, 1.807) is 61.5 Å². The van der Waals surface area contributed by atoms with Crippen molar-refractivity contribution in [3.63, 3.8) is 0 Å². The largest absolute Gasteiger partial charge is 0.508 e. The van der Waals surface area contributed by atoms with Crippen LogP contribution in [0.5, 0.6) is 5.75 Å².